The van der Waals surface area contributed by atoms with Gasteiger partial charge in [0.2, 0.25) is 0 Å². The fourth-order valence-corrected chi connectivity index (χ4v) is 1.93. The van der Waals surface area contributed by atoms with Gasteiger partial charge < -0.3 is 15.4 Å². The summed E-state index contributed by atoms with van der Waals surface area (Å²) in [5, 5.41) is 0. The number of nitrogens with zero attached hydrogens (tertiary/aromatic N) is 1. The van der Waals surface area contributed by atoms with E-state index in [0.29, 0.717) is 4.99 Å². The van der Waals surface area contributed by atoms with Crippen LogP contribution in [-0.2, 0) is 4.74 Å². The maximum Gasteiger partial charge on any atom is 0.106 e. The van der Waals surface area contributed by atoms with Gasteiger partial charge in [0.05, 0.1) is 13.2 Å². The van der Waals surface area contributed by atoms with E-state index in [9.17, 15) is 0 Å². The van der Waals surface area contributed by atoms with Crippen LogP contribution in [0.15, 0.2) is 24.3 Å². The lowest BCUT2D eigenvalue weighted by molar-refractivity contribution is 0.122. The van der Waals surface area contributed by atoms with Gasteiger partial charge in [-0.05, 0) is 12.1 Å². The summed E-state index contributed by atoms with van der Waals surface area (Å²) < 4.78 is 5.32. The summed E-state index contributed by atoms with van der Waals surface area (Å²) in [7, 11) is 0. The van der Waals surface area contributed by atoms with Crippen LogP contribution in [0.25, 0.3) is 0 Å². The standard InChI is InChI=1S/C11H14N2OS/c12-11(15)9-3-1-2-4-10(9)13-5-7-14-8-6-13/h1-4H,5-8H2,(H2,12,15). The number of hydrogen-bond donors (Lipinski definition) is 1. The number of hydrogen-bond acceptors (Lipinski definition) is 3. The molecule has 1 aromatic carbocycles. The van der Waals surface area contributed by atoms with Crippen LogP contribution >= 0.6 is 12.2 Å². The van der Waals surface area contributed by atoms with E-state index in [2.05, 4.69) is 11.0 Å². The van der Waals surface area contributed by atoms with Crippen LogP contribution in [0.3, 0.4) is 0 Å². The smallest absolute Gasteiger partial charge is 0.106 e. The van der Waals surface area contributed by atoms with Crippen molar-refractivity contribution < 1.29 is 4.74 Å². The lowest BCUT2D eigenvalue weighted by atomic mass is 10.1. The molecule has 3 nitrogen and oxygen atoms in total. The van der Waals surface area contributed by atoms with E-state index in [-0.39, 0.29) is 0 Å². The number of para-hydroxylation sites is 1. The minimum atomic E-state index is 0.456. The summed E-state index contributed by atoms with van der Waals surface area (Å²) in [5.74, 6) is 0. The number of ether oxygens (including phenoxy) is 1. The summed E-state index contributed by atoms with van der Waals surface area (Å²) in [4.78, 5) is 2.72. The predicted molar refractivity (Wildman–Crippen MR) is 65.4 cm³/mol. The second-order valence-corrected chi connectivity index (χ2v) is 3.92. The highest BCUT2D eigenvalue weighted by Gasteiger charge is 2.14. The second-order valence-electron chi connectivity index (χ2n) is 3.48. The lowest BCUT2D eigenvalue weighted by Crippen LogP contribution is -2.37. The van der Waals surface area contributed by atoms with Crippen molar-refractivity contribution in [2.45, 2.75) is 0 Å². The zero-order valence-electron chi connectivity index (χ0n) is 8.48. The molecule has 1 fully saturated rings. The first-order chi connectivity index (χ1) is 7.29. The van der Waals surface area contributed by atoms with Crippen LogP contribution in [0.2, 0.25) is 0 Å². The SMILES string of the molecule is NC(=S)c1ccccc1N1CCOCC1. The third-order valence-electron chi connectivity index (χ3n) is 2.52. The molecule has 0 unspecified atom stereocenters. The fourth-order valence-electron chi connectivity index (χ4n) is 1.76. The molecule has 0 aliphatic carbocycles. The summed E-state index contributed by atoms with van der Waals surface area (Å²) in [6.45, 7) is 3.34. The van der Waals surface area contributed by atoms with E-state index in [4.69, 9.17) is 22.7 Å². The Bertz CT molecular complexity index is 361. The first kappa shape index (κ1) is 10.4. The van der Waals surface area contributed by atoms with Crippen LogP contribution in [0, 0.1) is 0 Å². The van der Waals surface area contributed by atoms with Crippen molar-refractivity contribution in [3.8, 4) is 0 Å². The van der Waals surface area contributed by atoms with E-state index < -0.39 is 0 Å². The number of nitrogens with two attached hydrogens (primary N) is 1. The Morgan fingerprint density at radius 2 is 1.93 bits per heavy atom. The van der Waals surface area contributed by atoms with E-state index in [1.165, 1.54) is 0 Å². The van der Waals surface area contributed by atoms with Gasteiger partial charge in [0, 0.05) is 24.3 Å². The van der Waals surface area contributed by atoms with Crippen LogP contribution in [0.4, 0.5) is 5.69 Å². The highest BCUT2D eigenvalue weighted by Crippen LogP contribution is 2.21. The molecular formula is C11H14N2OS. The monoisotopic (exact) mass is 222 g/mol. The van der Waals surface area contributed by atoms with Gasteiger partial charge in [-0.1, -0.05) is 24.4 Å². The highest BCUT2D eigenvalue weighted by molar-refractivity contribution is 7.80. The molecule has 1 saturated heterocycles. The molecule has 0 amide bonds. The average molecular weight is 222 g/mol. The van der Waals surface area contributed by atoms with E-state index in [1.807, 2.05) is 18.2 Å². The van der Waals surface area contributed by atoms with Crippen molar-refractivity contribution in [3.05, 3.63) is 29.8 Å². The zero-order chi connectivity index (χ0) is 10.7. The van der Waals surface area contributed by atoms with Gasteiger partial charge in [-0.2, -0.15) is 0 Å². The van der Waals surface area contributed by atoms with Gasteiger partial charge in [-0.15, -0.1) is 0 Å². The third-order valence-corrected chi connectivity index (χ3v) is 2.74. The maximum absolute atomic E-state index is 5.69. The Balaban J connectivity index is 2.29. The van der Waals surface area contributed by atoms with Crippen molar-refractivity contribution in [2.75, 3.05) is 31.2 Å². The number of rotatable bonds is 2. The van der Waals surface area contributed by atoms with E-state index in [1.54, 1.807) is 0 Å². The molecule has 0 saturated carbocycles. The van der Waals surface area contributed by atoms with Crippen LogP contribution in [0.1, 0.15) is 5.56 Å². The van der Waals surface area contributed by atoms with Gasteiger partial charge in [0.25, 0.3) is 0 Å². The third kappa shape index (κ3) is 2.27. The zero-order valence-corrected chi connectivity index (χ0v) is 9.30. The molecule has 4 heteroatoms. The molecule has 15 heavy (non-hydrogen) atoms. The molecule has 80 valence electrons. The molecule has 0 bridgehead atoms. The molecule has 2 rings (SSSR count). The Morgan fingerprint density at radius 1 is 1.27 bits per heavy atom. The van der Waals surface area contributed by atoms with Gasteiger partial charge in [0.1, 0.15) is 4.99 Å². The lowest BCUT2D eigenvalue weighted by Gasteiger charge is -2.30. The van der Waals surface area contributed by atoms with Crippen LogP contribution < -0.4 is 10.6 Å². The predicted octanol–water partition coefficient (Wildman–Crippen LogP) is 1.16. The molecule has 0 aromatic heterocycles. The van der Waals surface area contributed by atoms with Gasteiger partial charge in [-0.25, -0.2) is 0 Å². The average Bonchev–Trinajstić information content (AvgIpc) is 2.30. The van der Waals surface area contributed by atoms with Gasteiger partial charge >= 0.3 is 0 Å². The van der Waals surface area contributed by atoms with Crippen molar-refractivity contribution in [1.29, 1.82) is 0 Å². The first-order valence-corrected chi connectivity index (χ1v) is 5.41. The summed E-state index contributed by atoms with van der Waals surface area (Å²) >= 11 is 5.04. The second kappa shape index (κ2) is 4.59. The first-order valence-electron chi connectivity index (χ1n) is 5.00. The number of benzene rings is 1. The normalized spacial score (nSPS) is 16.4. The Labute approximate surface area is 94.8 Å². The molecule has 0 radical (unpaired) electrons. The molecule has 0 atom stereocenters. The van der Waals surface area contributed by atoms with Crippen molar-refractivity contribution in [1.82, 2.24) is 0 Å². The summed E-state index contributed by atoms with van der Waals surface area (Å²) in [6.07, 6.45) is 0. The van der Waals surface area contributed by atoms with Gasteiger partial charge in [0.15, 0.2) is 0 Å². The summed E-state index contributed by atoms with van der Waals surface area (Å²) in [6, 6.07) is 7.98. The molecule has 1 heterocycles. The fraction of sp³-hybridized carbons (Fsp3) is 0.364. The van der Waals surface area contributed by atoms with Crippen molar-refractivity contribution in [2.24, 2.45) is 5.73 Å². The highest BCUT2D eigenvalue weighted by atomic mass is 32.1. The van der Waals surface area contributed by atoms with Gasteiger partial charge in [-0.3, -0.25) is 0 Å². The topological polar surface area (TPSA) is 38.5 Å². The van der Waals surface area contributed by atoms with Crippen molar-refractivity contribution in [3.63, 3.8) is 0 Å². The Kier molecular flexibility index (Phi) is 3.18. The van der Waals surface area contributed by atoms with Crippen LogP contribution in [0.5, 0.6) is 0 Å². The summed E-state index contributed by atoms with van der Waals surface area (Å²) in [5.41, 5.74) is 7.77. The van der Waals surface area contributed by atoms with E-state index >= 15 is 0 Å². The molecule has 1 aliphatic heterocycles. The molecule has 1 aliphatic rings. The molecule has 1 aromatic rings. The number of anilines is 1. The Hall–Kier alpha value is -1.13. The quantitative estimate of drug-likeness (QED) is 0.762. The van der Waals surface area contributed by atoms with E-state index in [0.717, 1.165) is 37.6 Å². The van der Waals surface area contributed by atoms with Crippen LogP contribution in [-0.4, -0.2) is 31.3 Å². The molecule has 2 N–H and O–H groups in total. The molecule has 0 spiro atoms. The number of morpholine rings is 1. The minimum Gasteiger partial charge on any atom is -0.389 e. The van der Waals surface area contributed by atoms with Crippen molar-refractivity contribution >= 4 is 22.9 Å². The molecular weight excluding hydrogens is 208 g/mol. The number of thiocarbonyl (C=S) groups is 1. The minimum absolute atomic E-state index is 0.456. The maximum atomic E-state index is 5.69. The largest absolute Gasteiger partial charge is 0.389 e. The Morgan fingerprint density at radius 3 is 2.60 bits per heavy atom.